The standard InChI is InChI=1S/C13H24N4O/c1-13(2)7-5-8-14-11(13)12-15-10(16-18-12)6-9-17(3)4/h11,14H,5-9H2,1-4H3. The molecular weight excluding hydrogens is 228 g/mol. The molecule has 1 aromatic rings. The minimum Gasteiger partial charge on any atom is -0.338 e. The van der Waals surface area contributed by atoms with Gasteiger partial charge in [0, 0.05) is 13.0 Å². The number of likely N-dealkylation sites (N-methyl/N-ethyl adjacent to an activating group) is 1. The van der Waals surface area contributed by atoms with Gasteiger partial charge < -0.3 is 14.7 Å². The smallest absolute Gasteiger partial charge is 0.244 e. The van der Waals surface area contributed by atoms with Crippen molar-refractivity contribution in [1.82, 2.24) is 20.4 Å². The van der Waals surface area contributed by atoms with Gasteiger partial charge in [0.05, 0.1) is 6.04 Å². The first-order chi connectivity index (χ1) is 8.49. The first-order valence-corrected chi connectivity index (χ1v) is 6.69. The quantitative estimate of drug-likeness (QED) is 0.882. The molecule has 2 heterocycles. The first-order valence-electron chi connectivity index (χ1n) is 6.69. The Balaban J connectivity index is 2.04. The van der Waals surface area contributed by atoms with Crippen molar-refractivity contribution >= 4 is 0 Å². The van der Waals surface area contributed by atoms with E-state index >= 15 is 0 Å². The maximum absolute atomic E-state index is 5.43. The van der Waals surface area contributed by atoms with Crippen LogP contribution in [0.15, 0.2) is 4.52 Å². The number of rotatable bonds is 4. The molecule has 1 N–H and O–H groups in total. The maximum Gasteiger partial charge on any atom is 0.244 e. The van der Waals surface area contributed by atoms with Gasteiger partial charge in [-0.15, -0.1) is 0 Å². The average molecular weight is 252 g/mol. The summed E-state index contributed by atoms with van der Waals surface area (Å²) in [4.78, 5) is 6.66. The van der Waals surface area contributed by atoms with Crippen LogP contribution in [0.25, 0.3) is 0 Å². The van der Waals surface area contributed by atoms with Crippen LogP contribution in [0, 0.1) is 5.41 Å². The topological polar surface area (TPSA) is 54.2 Å². The van der Waals surface area contributed by atoms with Crippen molar-refractivity contribution in [2.75, 3.05) is 27.2 Å². The van der Waals surface area contributed by atoms with Crippen molar-refractivity contribution in [3.63, 3.8) is 0 Å². The van der Waals surface area contributed by atoms with E-state index in [4.69, 9.17) is 4.52 Å². The molecule has 1 aromatic heterocycles. The molecule has 0 spiro atoms. The summed E-state index contributed by atoms with van der Waals surface area (Å²) in [7, 11) is 4.10. The van der Waals surface area contributed by atoms with Crippen LogP contribution in [0.3, 0.4) is 0 Å². The third-order valence-corrected chi connectivity index (χ3v) is 3.64. The first kappa shape index (κ1) is 13.5. The van der Waals surface area contributed by atoms with Crippen LogP contribution >= 0.6 is 0 Å². The summed E-state index contributed by atoms with van der Waals surface area (Å²) < 4.78 is 5.43. The molecule has 0 aromatic carbocycles. The van der Waals surface area contributed by atoms with E-state index in [2.05, 4.69) is 34.2 Å². The largest absolute Gasteiger partial charge is 0.338 e. The van der Waals surface area contributed by atoms with Crippen molar-refractivity contribution in [2.24, 2.45) is 5.41 Å². The molecule has 1 unspecified atom stereocenters. The zero-order chi connectivity index (χ0) is 13.2. The lowest BCUT2D eigenvalue weighted by Crippen LogP contribution is -2.39. The minimum atomic E-state index is 0.184. The molecule has 2 rings (SSSR count). The summed E-state index contributed by atoms with van der Waals surface area (Å²) in [5, 5.41) is 7.57. The van der Waals surface area contributed by atoms with E-state index in [0.29, 0.717) is 0 Å². The molecule has 0 aliphatic carbocycles. The van der Waals surface area contributed by atoms with Crippen molar-refractivity contribution < 1.29 is 4.52 Å². The van der Waals surface area contributed by atoms with Gasteiger partial charge in [-0.3, -0.25) is 0 Å². The van der Waals surface area contributed by atoms with Gasteiger partial charge in [-0.25, -0.2) is 0 Å². The maximum atomic E-state index is 5.43. The van der Waals surface area contributed by atoms with Crippen LogP contribution in [0.1, 0.15) is 44.4 Å². The summed E-state index contributed by atoms with van der Waals surface area (Å²) in [5.74, 6) is 1.55. The summed E-state index contributed by atoms with van der Waals surface area (Å²) in [5.41, 5.74) is 0.184. The van der Waals surface area contributed by atoms with Gasteiger partial charge >= 0.3 is 0 Å². The molecule has 102 valence electrons. The summed E-state index contributed by atoms with van der Waals surface area (Å²) in [6, 6.07) is 0.187. The van der Waals surface area contributed by atoms with Gasteiger partial charge in [0.25, 0.3) is 0 Å². The third kappa shape index (κ3) is 3.09. The molecule has 1 fully saturated rings. The molecule has 1 aliphatic rings. The van der Waals surface area contributed by atoms with Gasteiger partial charge in [0.2, 0.25) is 5.89 Å². The SMILES string of the molecule is CN(C)CCc1noc(C2NCCCC2(C)C)n1. The van der Waals surface area contributed by atoms with E-state index in [1.807, 2.05) is 14.1 Å². The fourth-order valence-corrected chi connectivity index (χ4v) is 2.44. The predicted molar refractivity (Wildman–Crippen MR) is 70.3 cm³/mol. The third-order valence-electron chi connectivity index (χ3n) is 3.64. The van der Waals surface area contributed by atoms with E-state index in [-0.39, 0.29) is 11.5 Å². The highest BCUT2D eigenvalue weighted by atomic mass is 16.5. The Hall–Kier alpha value is -0.940. The summed E-state index contributed by atoms with van der Waals surface area (Å²) >= 11 is 0. The van der Waals surface area contributed by atoms with Crippen LogP contribution in [0.2, 0.25) is 0 Å². The fraction of sp³-hybridized carbons (Fsp3) is 0.846. The highest BCUT2D eigenvalue weighted by Gasteiger charge is 2.36. The van der Waals surface area contributed by atoms with Crippen LogP contribution in [0.5, 0.6) is 0 Å². The van der Waals surface area contributed by atoms with Crippen molar-refractivity contribution in [2.45, 2.75) is 39.2 Å². The number of aromatic nitrogens is 2. The zero-order valence-electron chi connectivity index (χ0n) is 11.9. The van der Waals surface area contributed by atoms with Gasteiger partial charge in [-0.2, -0.15) is 4.98 Å². The molecule has 5 heteroatoms. The molecule has 1 atom stereocenters. The minimum absolute atomic E-state index is 0.184. The zero-order valence-corrected chi connectivity index (χ0v) is 11.9. The van der Waals surface area contributed by atoms with E-state index in [1.165, 1.54) is 12.8 Å². The Morgan fingerprint density at radius 3 is 2.89 bits per heavy atom. The Labute approximate surface area is 109 Å². The van der Waals surface area contributed by atoms with Crippen LogP contribution in [0.4, 0.5) is 0 Å². The Morgan fingerprint density at radius 1 is 1.44 bits per heavy atom. The molecule has 1 saturated heterocycles. The molecule has 0 saturated carbocycles. The average Bonchev–Trinajstić information content (AvgIpc) is 2.74. The van der Waals surface area contributed by atoms with Crippen molar-refractivity contribution in [1.29, 1.82) is 0 Å². The predicted octanol–water partition coefficient (Wildman–Crippen LogP) is 1.62. The lowest BCUT2D eigenvalue weighted by molar-refractivity contribution is 0.146. The number of piperidine rings is 1. The normalized spacial score (nSPS) is 23.5. The van der Waals surface area contributed by atoms with Crippen LogP contribution in [-0.4, -0.2) is 42.2 Å². The van der Waals surface area contributed by atoms with Crippen LogP contribution < -0.4 is 5.32 Å². The summed E-state index contributed by atoms with van der Waals surface area (Å²) in [6.07, 6.45) is 3.24. The number of nitrogens with one attached hydrogen (secondary N) is 1. The van der Waals surface area contributed by atoms with E-state index in [9.17, 15) is 0 Å². The van der Waals surface area contributed by atoms with E-state index < -0.39 is 0 Å². The number of nitrogens with zero attached hydrogens (tertiary/aromatic N) is 3. The lowest BCUT2D eigenvalue weighted by Gasteiger charge is -2.36. The van der Waals surface area contributed by atoms with Crippen molar-refractivity contribution in [3.05, 3.63) is 11.7 Å². The van der Waals surface area contributed by atoms with Gasteiger partial charge in [-0.05, 0) is 38.9 Å². The Morgan fingerprint density at radius 2 is 2.22 bits per heavy atom. The molecular formula is C13H24N4O. The molecule has 0 radical (unpaired) electrons. The van der Waals surface area contributed by atoms with E-state index in [1.54, 1.807) is 0 Å². The summed E-state index contributed by atoms with van der Waals surface area (Å²) in [6.45, 7) is 6.49. The van der Waals surface area contributed by atoms with Gasteiger partial charge in [0.15, 0.2) is 5.82 Å². The fourth-order valence-electron chi connectivity index (χ4n) is 2.44. The second-order valence-electron chi connectivity index (χ2n) is 6.08. The number of hydrogen-bond acceptors (Lipinski definition) is 5. The Kier molecular flexibility index (Phi) is 4.02. The monoisotopic (exact) mass is 252 g/mol. The second-order valence-corrected chi connectivity index (χ2v) is 6.08. The highest BCUT2D eigenvalue weighted by molar-refractivity contribution is 5.01. The lowest BCUT2D eigenvalue weighted by atomic mass is 9.77. The second kappa shape index (κ2) is 5.36. The molecule has 0 amide bonds. The number of hydrogen-bond donors (Lipinski definition) is 1. The van der Waals surface area contributed by atoms with Gasteiger partial charge in [0.1, 0.15) is 0 Å². The highest BCUT2D eigenvalue weighted by Crippen LogP contribution is 2.39. The molecule has 1 aliphatic heterocycles. The Bertz CT molecular complexity index is 386. The van der Waals surface area contributed by atoms with Crippen LogP contribution in [-0.2, 0) is 6.42 Å². The van der Waals surface area contributed by atoms with Gasteiger partial charge in [-0.1, -0.05) is 19.0 Å². The molecule has 5 nitrogen and oxygen atoms in total. The van der Waals surface area contributed by atoms with Crippen molar-refractivity contribution in [3.8, 4) is 0 Å². The molecule has 0 bridgehead atoms. The van der Waals surface area contributed by atoms with E-state index in [0.717, 1.165) is 31.2 Å². The molecule has 18 heavy (non-hydrogen) atoms.